The van der Waals surface area contributed by atoms with E-state index in [-0.39, 0.29) is 17.6 Å². The van der Waals surface area contributed by atoms with Crippen molar-refractivity contribution in [3.8, 4) is 11.5 Å². The number of anilines is 1. The number of likely N-dealkylation sites (tertiary alicyclic amines) is 1. The number of carbonyl (C=O) groups is 1. The molecule has 1 saturated carbocycles. The third kappa shape index (κ3) is 4.24. The number of nitrogens with zero attached hydrogens (tertiary/aromatic N) is 2. The van der Waals surface area contributed by atoms with Crippen molar-refractivity contribution in [2.24, 2.45) is 4.40 Å². The number of rotatable bonds is 5. The summed E-state index contributed by atoms with van der Waals surface area (Å²) in [6.45, 7) is 0.978. The van der Waals surface area contributed by atoms with Crippen LogP contribution in [0.15, 0.2) is 51.8 Å². The summed E-state index contributed by atoms with van der Waals surface area (Å²) in [4.78, 5) is 15.6. The summed E-state index contributed by atoms with van der Waals surface area (Å²) >= 11 is 0. The molecule has 0 spiro atoms. The van der Waals surface area contributed by atoms with E-state index in [1.807, 2.05) is 30.1 Å². The average molecular weight is 484 g/mol. The SMILES string of the molecule is CN1CCC/C1=N\S(=O)(=O)c1cccc(NC(=O)C2(c3ccc4c(c3)OCO4)CCCCC2)c1. The molecule has 1 saturated heterocycles. The van der Waals surface area contributed by atoms with E-state index in [9.17, 15) is 13.2 Å². The molecule has 2 fully saturated rings. The van der Waals surface area contributed by atoms with E-state index in [0.717, 1.165) is 50.6 Å². The molecule has 2 aliphatic heterocycles. The van der Waals surface area contributed by atoms with E-state index in [4.69, 9.17) is 9.47 Å². The van der Waals surface area contributed by atoms with Gasteiger partial charge in [-0.15, -0.1) is 4.40 Å². The number of carbonyl (C=O) groups excluding carboxylic acids is 1. The van der Waals surface area contributed by atoms with Crippen LogP contribution in [0, 0.1) is 0 Å². The maximum Gasteiger partial charge on any atom is 0.284 e. The molecule has 5 rings (SSSR count). The number of amidine groups is 1. The first-order chi connectivity index (χ1) is 16.4. The Bertz CT molecular complexity index is 1230. The molecule has 34 heavy (non-hydrogen) atoms. The molecule has 0 radical (unpaired) electrons. The number of benzene rings is 2. The highest BCUT2D eigenvalue weighted by Gasteiger charge is 2.42. The fourth-order valence-electron chi connectivity index (χ4n) is 5.08. The van der Waals surface area contributed by atoms with Crippen LogP contribution in [0.3, 0.4) is 0 Å². The summed E-state index contributed by atoms with van der Waals surface area (Å²) in [5, 5.41) is 3.00. The lowest BCUT2D eigenvalue weighted by molar-refractivity contribution is -0.122. The van der Waals surface area contributed by atoms with Crippen LogP contribution in [0.25, 0.3) is 0 Å². The number of hydrogen-bond acceptors (Lipinski definition) is 5. The summed E-state index contributed by atoms with van der Waals surface area (Å²) in [6.07, 6.45) is 5.95. The average Bonchev–Trinajstić information content (AvgIpc) is 3.47. The molecule has 9 heteroatoms. The molecule has 0 aromatic heterocycles. The molecular weight excluding hydrogens is 454 g/mol. The van der Waals surface area contributed by atoms with Gasteiger partial charge in [0.1, 0.15) is 5.84 Å². The van der Waals surface area contributed by atoms with Crippen LogP contribution in [-0.4, -0.2) is 45.4 Å². The number of amides is 1. The Morgan fingerprint density at radius 1 is 1.03 bits per heavy atom. The van der Waals surface area contributed by atoms with Gasteiger partial charge in [-0.3, -0.25) is 4.79 Å². The lowest BCUT2D eigenvalue weighted by Gasteiger charge is -2.36. The zero-order valence-corrected chi connectivity index (χ0v) is 20.1. The summed E-state index contributed by atoms with van der Waals surface area (Å²) in [5.41, 5.74) is 0.631. The fraction of sp³-hybridized carbons (Fsp3) is 0.440. The second-order valence-corrected chi connectivity index (χ2v) is 10.8. The largest absolute Gasteiger partial charge is 0.454 e. The third-order valence-corrected chi connectivity index (χ3v) is 8.32. The molecule has 0 bridgehead atoms. The van der Waals surface area contributed by atoms with Gasteiger partial charge in [0, 0.05) is 25.7 Å². The molecule has 1 N–H and O–H groups in total. The third-order valence-electron chi connectivity index (χ3n) is 7.02. The number of hydrogen-bond donors (Lipinski definition) is 1. The fourth-order valence-corrected chi connectivity index (χ4v) is 6.22. The van der Waals surface area contributed by atoms with Crippen LogP contribution in [0.2, 0.25) is 0 Å². The van der Waals surface area contributed by atoms with Crippen molar-refractivity contribution in [2.75, 3.05) is 25.7 Å². The second-order valence-electron chi connectivity index (χ2n) is 9.20. The van der Waals surface area contributed by atoms with Crippen molar-refractivity contribution in [1.82, 2.24) is 4.90 Å². The molecule has 1 aliphatic carbocycles. The first kappa shape index (κ1) is 22.7. The maximum atomic E-state index is 13.7. The predicted octanol–water partition coefficient (Wildman–Crippen LogP) is 4.07. The minimum Gasteiger partial charge on any atom is -0.454 e. The van der Waals surface area contributed by atoms with Crippen molar-refractivity contribution in [3.05, 3.63) is 48.0 Å². The highest BCUT2D eigenvalue weighted by Crippen LogP contribution is 2.44. The van der Waals surface area contributed by atoms with Gasteiger partial charge in [0.2, 0.25) is 12.7 Å². The molecule has 2 heterocycles. The van der Waals surface area contributed by atoms with Gasteiger partial charge >= 0.3 is 0 Å². The number of nitrogens with one attached hydrogen (secondary N) is 1. The zero-order valence-electron chi connectivity index (χ0n) is 19.2. The van der Waals surface area contributed by atoms with E-state index in [0.29, 0.717) is 29.4 Å². The van der Waals surface area contributed by atoms with Crippen molar-refractivity contribution in [2.45, 2.75) is 55.3 Å². The van der Waals surface area contributed by atoms with E-state index in [1.54, 1.807) is 12.1 Å². The Morgan fingerprint density at radius 2 is 1.82 bits per heavy atom. The molecule has 1 amide bonds. The lowest BCUT2D eigenvalue weighted by Crippen LogP contribution is -2.42. The molecule has 0 atom stereocenters. The van der Waals surface area contributed by atoms with Crippen LogP contribution in [-0.2, 0) is 20.2 Å². The molecule has 0 unspecified atom stereocenters. The van der Waals surface area contributed by atoms with Crippen LogP contribution < -0.4 is 14.8 Å². The Balaban J connectivity index is 1.42. The molecular formula is C25H29N3O5S. The maximum absolute atomic E-state index is 13.7. The van der Waals surface area contributed by atoms with Gasteiger partial charge in [0.25, 0.3) is 10.0 Å². The van der Waals surface area contributed by atoms with Crippen molar-refractivity contribution in [3.63, 3.8) is 0 Å². The van der Waals surface area contributed by atoms with Gasteiger partial charge in [-0.25, -0.2) is 0 Å². The zero-order chi connectivity index (χ0) is 23.8. The van der Waals surface area contributed by atoms with E-state index in [1.165, 1.54) is 12.1 Å². The van der Waals surface area contributed by atoms with Crippen LogP contribution in [0.4, 0.5) is 5.69 Å². The van der Waals surface area contributed by atoms with Crippen LogP contribution >= 0.6 is 0 Å². The van der Waals surface area contributed by atoms with E-state index >= 15 is 0 Å². The number of sulfonamides is 1. The number of ether oxygens (including phenoxy) is 2. The quantitative estimate of drug-likeness (QED) is 0.689. The first-order valence-corrected chi connectivity index (χ1v) is 13.2. The summed E-state index contributed by atoms with van der Waals surface area (Å²) < 4.78 is 40.9. The standard InChI is InChI=1S/C25H29N3O5S/c1-28-14-6-9-23(28)27-34(30,31)20-8-5-7-19(16-20)26-24(29)25(12-3-2-4-13-25)18-10-11-21-22(15-18)33-17-32-21/h5,7-8,10-11,15-16H,2-4,6,9,12-14,17H2,1H3,(H,26,29)/b27-23+. The Kier molecular flexibility index (Phi) is 5.97. The van der Waals surface area contributed by atoms with Crippen molar-refractivity contribution >= 4 is 27.5 Å². The topological polar surface area (TPSA) is 97.3 Å². The highest BCUT2D eigenvalue weighted by molar-refractivity contribution is 7.90. The van der Waals surface area contributed by atoms with Gasteiger partial charge in [-0.05, 0) is 55.2 Å². The van der Waals surface area contributed by atoms with Gasteiger partial charge in [-0.2, -0.15) is 8.42 Å². The minimum atomic E-state index is -3.87. The first-order valence-electron chi connectivity index (χ1n) is 11.7. The molecule has 2 aromatic carbocycles. The van der Waals surface area contributed by atoms with Crippen LogP contribution in [0.1, 0.15) is 50.5 Å². The Labute approximate surface area is 200 Å². The van der Waals surface area contributed by atoms with E-state index < -0.39 is 15.4 Å². The summed E-state index contributed by atoms with van der Waals surface area (Å²) in [7, 11) is -2.02. The predicted molar refractivity (Wildman–Crippen MR) is 129 cm³/mol. The van der Waals surface area contributed by atoms with Gasteiger partial charge in [-0.1, -0.05) is 31.4 Å². The monoisotopic (exact) mass is 483 g/mol. The molecule has 180 valence electrons. The van der Waals surface area contributed by atoms with Crippen molar-refractivity contribution in [1.29, 1.82) is 0 Å². The number of fused-ring (bicyclic) bond motifs is 1. The van der Waals surface area contributed by atoms with Crippen LogP contribution in [0.5, 0.6) is 11.5 Å². The normalized spacial score (nSPS) is 20.5. The van der Waals surface area contributed by atoms with Gasteiger partial charge in [0.15, 0.2) is 11.5 Å². The highest BCUT2D eigenvalue weighted by atomic mass is 32.2. The minimum absolute atomic E-state index is 0.0684. The smallest absolute Gasteiger partial charge is 0.284 e. The lowest BCUT2D eigenvalue weighted by atomic mass is 9.68. The summed E-state index contributed by atoms with van der Waals surface area (Å²) in [5.74, 6) is 1.77. The van der Waals surface area contributed by atoms with Gasteiger partial charge < -0.3 is 19.7 Å². The van der Waals surface area contributed by atoms with Gasteiger partial charge in [0.05, 0.1) is 10.3 Å². The Morgan fingerprint density at radius 3 is 2.59 bits per heavy atom. The molecule has 3 aliphatic rings. The Hall–Kier alpha value is -3.07. The molecule has 2 aromatic rings. The van der Waals surface area contributed by atoms with Crippen molar-refractivity contribution < 1.29 is 22.7 Å². The molecule has 8 nitrogen and oxygen atoms in total. The summed E-state index contributed by atoms with van der Waals surface area (Å²) in [6, 6.07) is 12.0. The second kappa shape index (κ2) is 8.94. The van der Waals surface area contributed by atoms with E-state index in [2.05, 4.69) is 9.71 Å².